The molecule has 1 nitrogen and oxygen atoms in total. The minimum Gasteiger partial charge on any atom is -0.310 e. The number of hydrogen-bond donors (Lipinski definition) is 0. The molecule has 0 saturated heterocycles. The van der Waals surface area contributed by atoms with Gasteiger partial charge < -0.3 is 4.90 Å². The lowest BCUT2D eigenvalue weighted by molar-refractivity contribution is 0.589. The van der Waals surface area contributed by atoms with Crippen LogP contribution in [0.1, 0.15) is 51.3 Å². The molecule has 48 heavy (non-hydrogen) atoms. The zero-order valence-corrected chi connectivity index (χ0v) is 28.5. The van der Waals surface area contributed by atoms with Gasteiger partial charge in [0.05, 0.1) is 5.69 Å². The van der Waals surface area contributed by atoms with E-state index in [0.717, 1.165) is 17.1 Å². The highest BCUT2D eigenvalue weighted by Gasteiger charge is 2.39. The lowest BCUT2D eigenvalue weighted by atomic mass is 9.79. The van der Waals surface area contributed by atoms with Crippen molar-refractivity contribution >= 4 is 27.8 Å². The number of anilines is 3. The Morgan fingerprint density at radius 3 is 1.81 bits per heavy atom. The molecule has 0 spiro atoms. The Labute approximate surface area is 285 Å². The van der Waals surface area contributed by atoms with Crippen LogP contribution >= 0.6 is 0 Å². The van der Waals surface area contributed by atoms with Gasteiger partial charge in [0.2, 0.25) is 0 Å². The average molecular weight is 620 g/mol. The number of hydrogen-bond acceptors (Lipinski definition) is 1. The van der Waals surface area contributed by atoms with Crippen LogP contribution in [-0.4, -0.2) is 0 Å². The largest absolute Gasteiger partial charge is 0.310 e. The summed E-state index contributed by atoms with van der Waals surface area (Å²) in [4.78, 5) is 2.47. The van der Waals surface area contributed by atoms with Gasteiger partial charge in [0.25, 0.3) is 0 Å². The summed E-state index contributed by atoms with van der Waals surface area (Å²) in [6.07, 6.45) is 0. The van der Waals surface area contributed by atoms with E-state index in [1.807, 2.05) is 0 Å². The van der Waals surface area contributed by atoms with Gasteiger partial charge in [-0.1, -0.05) is 162 Å². The Hall–Kier alpha value is -5.40. The number of benzene rings is 7. The Morgan fingerprint density at radius 1 is 0.479 bits per heavy atom. The SMILES string of the molecule is CC(C)(C)c1cccc2c1-c1ccc(N(c3ccc(-c4ccccc4)cc3)c3ccc4ccccc4c3-c3ccccc3)cc1C2(C)C. The van der Waals surface area contributed by atoms with E-state index in [-0.39, 0.29) is 10.8 Å². The molecular formula is C47H41N. The molecule has 1 aliphatic carbocycles. The van der Waals surface area contributed by atoms with E-state index in [4.69, 9.17) is 0 Å². The van der Waals surface area contributed by atoms with Gasteiger partial charge in [0.15, 0.2) is 0 Å². The molecule has 0 aromatic heterocycles. The zero-order valence-electron chi connectivity index (χ0n) is 28.5. The fraction of sp³-hybridized carbons (Fsp3) is 0.149. The molecule has 0 N–H and O–H groups in total. The quantitative estimate of drug-likeness (QED) is 0.185. The van der Waals surface area contributed by atoms with Crippen LogP contribution in [0.2, 0.25) is 0 Å². The van der Waals surface area contributed by atoms with E-state index >= 15 is 0 Å². The van der Waals surface area contributed by atoms with Gasteiger partial charge in [0.1, 0.15) is 0 Å². The van der Waals surface area contributed by atoms with E-state index in [9.17, 15) is 0 Å². The molecule has 7 aromatic rings. The third kappa shape index (κ3) is 4.93. The van der Waals surface area contributed by atoms with Crippen molar-refractivity contribution in [3.05, 3.63) is 174 Å². The van der Waals surface area contributed by atoms with E-state index in [2.05, 4.69) is 197 Å². The summed E-state index contributed by atoms with van der Waals surface area (Å²) in [5.74, 6) is 0. The first-order valence-corrected chi connectivity index (χ1v) is 17.0. The van der Waals surface area contributed by atoms with Crippen molar-refractivity contribution in [2.24, 2.45) is 0 Å². The monoisotopic (exact) mass is 619 g/mol. The highest BCUT2D eigenvalue weighted by Crippen LogP contribution is 2.54. The second kappa shape index (κ2) is 11.4. The minimum atomic E-state index is -0.129. The summed E-state index contributed by atoms with van der Waals surface area (Å²) >= 11 is 0. The Kier molecular flexibility index (Phi) is 7.11. The highest BCUT2D eigenvalue weighted by molar-refractivity contribution is 6.05. The molecule has 0 atom stereocenters. The summed E-state index contributed by atoms with van der Waals surface area (Å²) in [7, 11) is 0. The molecule has 0 unspecified atom stereocenters. The van der Waals surface area contributed by atoms with Crippen molar-refractivity contribution in [2.75, 3.05) is 4.90 Å². The Balaban J connectivity index is 1.38. The lowest BCUT2D eigenvalue weighted by Gasteiger charge is -2.30. The molecule has 0 radical (unpaired) electrons. The minimum absolute atomic E-state index is 0.0456. The third-order valence-electron chi connectivity index (χ3n) is 10.2. The van der Waals surface area contributed by atoms with Gasteiger partial charge >= 0.3 is 0 Å². The van der Waals surface area contributed by atoms with Crippen molar-refractivity contribution in [3.8, 4) is 33.4 Å². The molecule has 7 aromatic carbocycles. The van der Waals surface area contributed by atoms with Gasteiger partial charge in [-0.2, -0.15) is 0 Å². The first-order valence-electron chi connectivity index (χ1n) is 17.0. The lowest BCUT2D eigenvalue weighted by Crippen LogP contribution is -2.18. The van der Waals surface area contributed by atoms with Crippen LogP contribution in [0.4, 0.5) is 17.1 Å². The number of rotatable bonds is 5. The van der Waals surface area contributed by atoms with Crippen LogP contribution in [0.5, 0.6) is 0 Å². The van der Waals surface area contributed by atoms with Crippen molar-refractivity contribution in [3.63, 3.8) is 0 Å². The normalized spacial score (nSPS) is 13.3. The zero-order chi connectivity index (χ0) is 33.0. The van der Waals surface area contributed by atoms with Gasteiger partial charge in [-0.25, -0.2) is 0 Å². The number of fused-ring (bicyclic) bond motifs is 4. The maximum Gasteiger partial charge on any atom is 0.0546 e. The predicted octanol–water partition coefficient (Wildman–Crippen LogP) is 13.2. The van der Waals surface area contributed by atoms with Gasteiger partial charge in [0, 0.05) is 22.4 Å². The number of nitrogens with zero attached hydrogens (tertiary/aromatic N) is 1. The van der Waals surface area contributed by atoms with E-state index in [0.29, 0.717) is 0 Å². The molecule has 0 saturated carbocycles. The predicted molar refractivity (Wildman–Crippen MR) is 206 cm³/mol. The van der Waals surface area contributed by atoms with Gasteiger partial charge in [-0.15, -0.1) is 0 Å². The Morgan fingerprint density at radius 2 is 1.10 bits per heavy atom. The summed E-state index contributed by atoms with van der Waals surface area (Å²) in [5, 5.41) is 2.48. The fourth-order valence-electron chi connectivity index (χ4n) is 7.76. The standard InChI is InChI=1S/C47H41N/c1-46(2,3)40-21-14-22-41-45(40)39-29-28-37(31-42(39)47(41,4)5)48(36-26-23-33(24-27-36)32-15-8-6-9-16-32)43-30-25-34-17-12-13-20-38(34)44(43)35-18-10-7-11-19-35/h6-31H,1-5H3. The van der Waals surface area contributed by atoms with Crippen LogP contribution < -0.4 is 4.90 Å². The molecule has 1 heteroatoms. The van der Waals surface area contributed by atoms with E-state index in [1.54, 1.807) is 0 Å². The molecule has 0 amide bonds. The molecule has 234 valence electrons. The molecule has 1 aliphatic rings. The van der Waals surface area contributed by atoms with Crippen LogP contribution in [0.15, 0.2) is 158 Å². The van der Waals surface area contributed by atoms with Crippen molar-refractivity contribution in [1.82, 2.24) is 0 Å². The topological polar surface area (TPSA) is 3.24 Å². The third-order valence-corrected chi connectivity index (χ3v) is 10.2. The maximum atomic E-state index is 2.47. The van der Waals surface area contributed by atoms with Crippen LogP contribution in [0.25, 0.3) is 44.2 Å². The molecule has 0 heterocycles. The van der Waals surface area contributed by atoms with Crippen molar-refractivity contribution < 1.29 is 0 Å². The van der Waals surface area contributed by atoms with Crippen molar-refractivity contribution in [1.29, 1.82) is 0 Å². The second-order valence-corrected chi connectivity index (χ2v) is 14.6. The van der Waals surface area contributed by atoms with Gasteiger partial charge in [-0.05, 0) is 91.0 Å². The maximum absolute atomic E-state index is 2.47. The molecular weight excluding hydrogens is 579 g/mol. The van der Waals surface area contributed by atoms with Crippen LogP contribution in [-0.2, 0) is 10.8 Å². The molecule has 0 aliphatic heterocycles. The van der Waals surface area contributed by atoms with Gasteiger partial charge in [-0.3, -0.25) is 0 Å². The summed E-state index contributed by atoms with van der Waals surface area (Å²) in [5.41, 5.74) is 15.2. The smallest absolute Gasteiger partial charge is 0.0546 e. The fourth-order valence-corrected chi connectivity index (χ4v) is 7.76. The van der Waals surface area contributed by atoms with E-state index in [1.165, 1.54) is 60.8 Å². The summed E-state index contributed by atoms with van der Waals surface area (Å²) < 4.78 is 0. The first-order chi connectivity index (χ1) is 23.2. The van der Waals surface area contributed by atoms with Crippen LogP contribution in [0, 0.1) is 0 Å². The first kappa shape index (κ1) is 30.0. The molecule has 0 bridgehead atoms. The average Bonchev–Trinajstić information content (AvgIpc) is 3.34. The summed E-state index contributed by atoms with van der Waals surface area (Å²) in [6.45, 7) is 11.8. The highest BCUT2D eigenvalue weighted by atomic mass is 15.1. The Bertz CT molecular complexity index is 2270. The second-order valence-electron chi connectivity index (χ2n) is 14.6. The summed E-state index contributed by atoms with van der Waals surface area (Å²) in [6, 6.07) is 57.9. The van der Waals surface area contributed by atoms with Crippen molar-refractivity contribution in [2.45, 2.75) is 45.4 Å². The molecule has 0 fully saturated rings. The van der Waals surface area contributed by atoms with Crippen LogP contribution in [0.3, 0.4) is 0 Å². The van der Waals surface area contributed by atoms with E-state index < -0.39 is 0 Å². The molecule has 8 rings (SSSR count).